The molecule has 0 bridgehead atoms. The summed E-state index contributed by atoms with van der Waals surface area (Å²) in [5.41, 5.74) is 4.36. The third kappa shape index (κ3) is 3.26. The minimum absolute atomic E-state index is 0.127. The van der Waals surface area contributed by atoms with Crippen molar-refractivity contribution in [2.24, 2.45) is 11.7 Å². The number of primary amides is 1. The van der Waals surface area contributed by atoms with Gasteiger partial charge in [0.05, 0.1) is 0 Å². The van der Waals surface area contributed by atoms with Gasteiger partial charge < -0.3 is 0 Å². The fourth-order valence-electron chi connectivity index (χ4n) is 7.04. The molecule has 0 aromatic heterocycles. The average molecular weight is 603 g/mol. The summed E-state index contributed by atoms with van der Waals surface area (Å²) in [4.78, 5) is 57.3. The number of nitrogens with zero attached hydrogens (tertiary/aromatic N) is 2. The van der Waals surface area contributed by atoms with Crippen molar-refractivity contribution in [1.82, 2.24) is 9.80 Å². The van der Waals surface area contributed by atoms with Crippen LogP contribution in [0.4, 0.5) is 4.79 Å². The molecule has 39 heavy (non-hydrogen) atoms. The van der Waals surface area contributed by atoms with E-state index < -0.39 is 54.6 Å². The Morgan fingerprint density at radius 1 is 1.21 bits per heavy atom. The topological polar surface area (TPSA) is 137 Å². The van der Waals surface area contributed by atoms with Gasteiger partial charge in [0.25, 0.3) is 0 Å². The molecule has 2 N–H and O–H groups in total. The van der Waals surface area contributed by atoms with Crippen LogP contribution in [0.5, 0.6) is 0 Å². The van der Waals surface area contributed by atoms with Gasteiger partial charge in [0, 0.05) is 0 Å². The Labute approximate surface area is 231 Å². The summed E-state index contributed by atoms with van der Waals surface area (Å²) >= 11 is -0.607. The van der Waals surface area contributed by atoms with Crippen LogP contribution in [0.1, 0.15) is 13.3 Å². The molecule has 1 spiro atoms. The summed E-state index contributed by atoms with van der Waals surface area (Å²) in [6, 6.07) is 8.84. The van der Waals surface area contributed by atoms with Crippen molar-refractivity contribution < 1.29 is 38.1 Å². The minimum atomic E-state index is -1.88. The average Bonchev–Trinajstić information content (AvgIpc) is 3.19. The van der Waals surface area contributed by atoms with Crippen LogP contribution < -0.4 is 10.2 Å². The number of nitrogens with two attached hydrogens (primary N) is 1. The number of hydrogen-bond acceptors (Lipinski definition) is 9. The zero-order chi connectivity index (χ0) is 27.7. The number of piperazine rings is 1. The summed E-state index contributed by atoms with van der Waals surface area (Å²) in [6.07, 6.45) is 0.743. The zero-order valence-electron chi connectivity index (χ0n) is 21.6. The first-order chi connectivity index (χ1) is 18.7. The van der Waals surface area contributed by atoms with Gasteiger partial charge in [0.1, 0.15) is 0 Å². The Morgan fingerprint density at radius 3 is 2.49 bits per heavy atom. The Bertz CT molecular complexity index is 1310. The molecule has 1 unspecified atom stereocenters. The molecule has 3 saturated heterocycles. The Balaban J connectivity index is 1.56. The van der Waals surface area contributed by atoms with E-state index in [-0.39, 0.29) is 55.2 Å². The Morgan fingerprint density at radius 2 is 1.90 bits per heavy atom. The van der Waals surface area contributed by atoms with Crippen molar-refractivity contribution in [1.29, 1.82) is 0 Å². The first kappa shape index (κ1) is 26.2. The number of ketones is 2. The van der Waals surface area contributed by atoms with E-state index in [2.05, 4.69) is 6.58 Å². The standard InChI is InChI=1S/C27H29N3O8Se/c1-4-10-25(39-16-8-6-5-7-9-16)23(33)20-19(22(32)27(25)37-11-12-38-27)17(14-36-24(28)34)26(35-3)21-18(13-29(20)26)30(21)15(2)31/h4-9,17-18,21H,1,10-14H2,2-3H3,(H2,28,34)/t17-,18+,21+,25?,26-,30?/m1/s1. The van der Waals surface area contributed by atoms with Gasteiger partial charge in [0.15, 0.2) is 0 Å². The van der Waals surface area contributed by atoms with Crippen LogP contribution in [0.15, 0.2) is 54.3 Å². The molecule has 206 valence electrons. The van der Waals surface area contributed by atoms with E-state index in [0.717, 1.165) is 4.46 Å². The van der Waals surface area contributed by atoms with Gasteiger partial charge >= 0.3 is 232 Å². The van der Waals surface area contributed by atoms with Gasteiger partial charge in [-0.3, -0.25) is 0 Å². The summed E-state index contributed by atoms with van der Waals surface area (Å²) in [6.45, 7) is 5.62. The van der Waals surface area contributed by atoms with Crippen molar-refractivity contribution in [3.63, 3.8) is 0 Å². The monoisotopic (exact) mass is 603 g/mol. The fraction of sp³-hybridized carbons (Fsp3) is 0.481. The van der Waals surface area contributed by atoms with Gasteiger partial charge in [-0.1, -0.05) is 0 Å². The molecule has 3 fully saturated rings. The number of carbonyl (C=O) groups excluding carboxylic acids is 4. The van der Waals surface area contributed by atoms with Gasteiger partial charge in [-0.05, 0) is 0 Å². The zero-order valence-corrected chi connectivity index (χ0v) is 23.3. The van der Waals surface area contributed by atoms with E-state index in [1.165, 1.54) is 14.0 Å². The number of Topliss-reactive ketones (excluding diaryl/α,β-unsaturated/α-hetero) is 2. The van der Waals surface area contributed by atoms with Gasteiger partial charge in [0.2, 0.25) is 0 Å². The molecule has 0 saturated carbocycles. The first-order valence-corrected chi connectivity index (χ1v) is 14.4. The number of carbonyl (C=O) groups is 4. The third-order valence-electron chi connectivity index (χ3n) is 8.42. The molecule has 0 radical (unpaired) electrons. The predicted octanol–water partition coefficient (Wildman–Crippen LogP) is -0.117. The third-order valence-corrected chi connectivity index (χ3v) is 11.5. The summed E-state index contributed by atoms with van der Waals surface area (Å²) in [5.74, 6) is -3.73. The SMILES string of the molecule is C=CCC1([Se]c2ccccc2)C(=O)C2=C(C(=O)C13OCCO3)[C@@H](COC(N)=O)[C@@]1(OC)[C@@H]3[C@H](CN21)N3C(C)=O. The van der Waals surface area contributed by atoms with Crippen LogP contribution in [0.3, 0.4) is 0 Å². The quantitative estimate of drug-likeness (QED) is 0.257. The molecule has 4 heterocycles. The van der Waals surface area contributed by atoms with Crippen LogP contribution in [0.2, 0.25) is 4.31 Å². The van der Waals surface area contributed by atoms with E-state index in [9.17, 15) is 19.2 Å². The second-order valence-electron chi connectivity index (χ2n) is 10.2. The molecular weight excluding hydrogens is 573 g/mol. The number of fused-ring (bicyclic) bond motifs is 4. The van der Waals surface area contributed by atoms with E-state index in [1.807, 2.05) is 30.3 Å². The number of ether oxygens (including phenoxy) is 4. The first-order valence-electron chi connectivity index (χ1n) is 12.7. The number of rotatable bonds is 7. The Kier molecular flexibility index (Phi) is 6.05. The van der Waals surface area contributed by atoms with Crippen molar-refractivity contribution in [2.75, 3.05) is 33.5 Å². The van der Waals surface area contributed by atoms with E-state index >= 15 is 0 Å². The predicted molar refractivity (Wildman–Crippen MR) is 137 cm³/mol. The maximum atomic E-state index is 14.9. The summed E-state index contributed by atoms with van der Waals surface area (Å²) < 4.78 is 23.2. The van der Waals surface area contributed by atoms with Crippen molar-refractivity contribution >= 4 is 43.0 Å². The van der Waals surface area contributed by atoms with Crippen molar-refractivity contribution in [2.45, 2.75) is 41.3 Å². The van der Waals surface area contributed by atoms with E-state index in [1.54, 1.807) is 15.9 Å². The molecular formula is C27H29N3O8Se. The van der Waals surface area contributed by atoms with Gasteiger partial charge in [-0.2, -0.15) is 0 Å². The number of amides is 2. The molecule has 1 aliphatic carbocycles. The molecule has 11 nitrogen and oxygen atoms in total. The Hall–Kier alpha value is -3.02. The molecule has 5 aliphatic rings. The second-order valence-corrected chi connectivity index (χ2v) is 13.0. The van der Waals surface area contributed by atoms with Crippen molar-refractivity contribution in [3.05, 3.63) is 54.3 Å². The summed E-state index contributed by atoms with van der Waals surface area (Å²) in [5, 5.41) is 0. The molecule has 2 amide bonds. The number of hydrogen-bond donors (Lipinski definition) is 1. The number of benzene rings is 1. The molecule has 12 heteroatoms. The number of methoxy groups -OCH3 is 1. The number of allylic oxidation sites excluding steroid dienone is 2. The van der Waals surface area contributed by atoms with Crippen LogP contribution in [-0.2, 0) is 33.3 Å². The molecule has 5 atom stereocenters. The van der Waals surface area contributed by atoms with Gasteiger partial charge in [-0.15, -0.1) is 0 Å². The molecule has 1 aromatic carbocycles. The van der Waals surface area contributed by atoms with Crippen molar-refractivity contribution in [3.8, 4) is 0 Å². The van der Waals surface area contributed by atoms with Crippen LogP contribution in [-0.4, -0.2) is 105 Å². The summed E-state index contributed by atoms with van der Waals surface area (Å²) in [7, 11) is 1.47. The van der Waals surface area contributed by atoms with Crippen LogP contribution >= 0.6 is 0 Å². The van der Waals surface area contributed by atoms with E-state index in [0.29, 0.717) is 6.54 Å². The molecule has 6 rings (SSSR count). The van der Waals surface area contributed by atoms with Gasteiger partial charge in [-0.25, -0.2) is 0 Å². The normalized spacial score (nSPS) is 33.7. The van der Waals surface area contributed by atoms with E-state index in [4.69, 9.17) is 24.7 Å². The molecule has 4 aliphatic heterocycles. The van der Waals surface area contributed by atoms with Crippen LogP contribution in [0, 0.1) is 5.92 Å². The fourth-order valence-corrected chi connectivity index (χ4v) is 10.0. The molecule has 1 aromatic rings. The maximum absolute atomic E-state index is 14.9. The van der Waals surface area contributed by atoms with Crippen LogP contribution in [0.25, 0.3) is 0 Å². The second kappa shape index (κ2) is 9.00.